The van der Waals surface area contributed by atoms with Crippen LogP contribution in [0.2, 0.25) is 5.02 Å². The van der Waals surface area contributed by atoms with Gasteiger partial charge in [0.1, 0.15) is 5.69 Å². The molecular formula is C26H30ClN3O3. The van der Waals surface area contributed by atoms with E-state index < -0.39 is 0 Å². The standard InChI is InChI=1S/C26H30ClN3O3/c1-4-7-8-15-30-25(18-11-14-20(32-5-2)21(16-18)33-6-3)22-23(28-29-24(22)26(30)31)17-9-12-19(27)13-10-17/h9-14,16,25H,4-8,15H2,1-3H3,(H,28,29). The van der Waals surface area contributed by atoms with Crippen molar-refractivity contribution in [2.75, 3.05) is 19.8 Å². The highest BCUT2D eigenvalue weighted by Gasteiger charge is 2.42. The third-order valence-electron chi connectivity index (χ3n) is 5.87. The van der Waals surface area contributed by atoms with Crippen LogP contribution in [0.4, 0.5) is 0 Å². The molecule has 6 nitrogen and oxygen atoms in total. The molecule has 4 rings (SSSR count). The lowest BCUT2D eigenvalue weighted by atomic mass is 9.95. The maximum absolute atomic E-state index is 13.4. The highest BCUT2D eigenvalue weighted by atomic mass is 35.5. The molecule has 1 unspecified atom stereocenters. The van der Waals surface area contributed by atoms with Gasteiger partial charge in [-0.1, -0.05) is 49.6 Å². The Kier molecular flexibility index (Phi) is 7.23. The largest absolute Gasteiger partial charge is 0.490 e. The number of unbranched alkanes of at least 4 members (excludes halogenated alkanes) is 2. The van der Waals surface area contributed by atoms with Gasteiger partial charge in [-0.2, -0.15) is 5.10 Å². The molecule has 0 aliphatic carbocycles. The fraction of sp³-hybridized carbons (Fsp3) is 0.385. The Morgan fingerprint density at radius 3 is 2.42 bits per heavy atom. The normalized spacial score (nSPS) is 15.1. The smallest absolute Gasteiger partial charge is 0.273 e. The third kappa shape index (κ3) is 4.58. The van der Waals surface area contributed by atoms with Crippen molar-refractivity contribution in [3.63, 3.8) is 0 Å². The van der Waals surface area contributed by atoms with Crippen LogP contribution < -0.4 is 9.47 Å². The van der Waals surface area contributed by atoms with Crippen molar-refractivity contribution in [3.8, 4) is 22.8 Å². The first-order valence-corrected chi connectivity index (χ1v) is 12.0. The summed E-state index contributed by atoms with van der Waals surface area (Å²) >= 11 is 6.10. The fourth-order valence-electron chi connectivity index (χ4n) is 4.37. The van der Waals surface area contributed by atoms with E-state index in [0.717, 1.165) is 41.6 Å². The molecule has 2 heterocycles. The van der Waals surface area contributed by atoms with Crippen LogP contribution in [0.25, 0.3) is 11.3 Å². The Morgan fingerprint density at radius 1 is 1.00 bits per heavy atom. The van der Waals surface area contributed by atoms with Crippen molar-refractivity contribution in [2.24, 2.45) is 0 Å². The topological polar surface area (TPSA) is 67.5 Å². The van der Waals surface area contributed by atoms with Crippen molar-refractivity contribution in [3.05, 3.63) is 64.3 Å². The number of carbonyl (C=O) groups is 1. The Morgan fingerprint density at radius 2 is 1.73 bits per heavy atom. The van der Waals surface area contributed by atoms with Crippen molar-refractivity contribution in [1.29, 1.82) is 0 Å². The number of nitrogens with zero attached hydrogens (tertiary/aromatic N) is 2. The van der Waals surface area contributed by atoms with E-state index in [4.69, 9.17) is 21.1 Å². The van der Waals surface area contributed by atoms with Crippen LogP contribution in [0.1, 0.15) is 67.7 Å². The van der Waals surface area contributed by atoms with E-state index in [1.165, 1.54) is 0 Å². The van der Waals surface area contributed by atoms with Gasteiger partial charge < -0.3 is 14.4 Å². The summed E-state index contributed by atoms with van der Waals surface area (Å²) in [5.41, 5.74) is 4.10. The van der Waals surface area contributed by atoms with Crippen LogP contribution >= 0.6 is 11.6 Å². The summed E-state index contributed by atoms with van der Waals surface area (Å²) in [5, 5.41) is 8.20. The van der Waals surface area contributed by atoms with Crippen molar-refractivity contribution in [2.45, 2.75) is 46.1 Å². The van der Waals surface area contributed by atoms with E-state index in [9.17, 15) is 4.79 Å². The van der Waals surface area contributed by atoms with E-state index in [2.05, 4.69) is 17.1 Å². The van der Waals surface area contributed by atoms with Crippen molar-refractivity contribution in [1.82, 2.24) is 15.1 Å². The van der Waals surface area contributed by atoms with Gasteiger partial charge in [0, 0.05) is 22.7 Å². The predicted octanol–water partition coefficient (Wildman–Crippen LogP) is 6.26. The first kappa shape index (κ1) is 23.2. The Balaban J connectivity index is 1.82. The first-order valence-electron chi connectivity index (χ1n) is 11.6. The number of hydrogen-bond acceptors (Lipinski definition) is 4. The second-order valence-corrected chi connectivity index (χ2v) is 8.48. The van der Waals surface area contributed by atoms with Crippen LogP contribution in [0, 0.1) is 0 Å². The first-order chi connectivity index (χ1) is 16.1. The molecule has 0 saturated carbocycles. The molecule has 0 bridgehead atoms. The van der Waals surface area contributed by atoms with Gasteiger partial charge in [-0.25, -0.2) is 0 Å². The number of H-pyrrole nitrogens is 1. The lowest BCUT2D eigenvalue weighted by Crippen LogP contribution is -2.30. The van der Waals surface area contributed by atoms with Gasteiger partial charge in [0.2, 0.25) is 0 Å². The summed E-state index contributed by atoms with van der Waals surface area (Å²) < 4.78 is 11.6. The lowest BCUT2D eigenvalue weighted by Gasteiger charge is -2.27. The number of aromatic amines is 1. The Hall–Kier alpha value is -2.99. The molecule has 0 saturated heterocycles. The van der Waals surface area contributed by atoms with E-state index >= 15 is 0 Å². The second kappa shape index (κ2) is 10.3. The number of fused-ring (bicyclic) bond motifs is 1. The minimum Gasteiger partial charge on any atom is -0.490 e. The molecule has 1 atom stereocenters. The molecule has 1 aliphatic rings. The molecule has 1 amide bonds. The minimum atomic E-state index is -0.260. The second-order valence-electron chi connectivity index (χ2n) is 8.05. The molecule has 0 spiro atoms. The van der Waals surface area contributed by atoms with E-state index in [-0.39, 0.29) is 11.9 Å². The maximum Gasteiger partial charge on any atom is 0.273 e. The van der Waals surface area contributed by atoms with Crippen LogP contribution in [0.5, 0.6) is 11.5 Å². The van der Waals surface area contributed by atoms with Gasteiger partial charge in [-0.05, 0) is 50.1 Å². The summed E-state index contributed by atoms with van der Waals surface area (Å²) in [7, 11) is 0. The van der Waals surface area contributed by atoms with E-state index in [1.807, 2.05) is 61.2 Å². The highest BCUT2D eigenvalue weighted by molar-refractivity contribution is 6.30. The van der Waals surface area contributed by atoms with Gasteiger partial charge in [-0.3, -0.25) is 9.89 Å². The van der Waals surface area contributed by atoms with Gasteiger partial charge in [0.25, 0.3) is 5.91 Å². The van der Waals surface area contributed by atoms with Gasteiger partial charge in [-0.15, -0.1) is 0 Å². The molecule has 7 heteroatoms. The van der Waals surface area contributed by atoms with Gasteiger partial charge >= 0.3 is 0 Å². The van der Waals surface area contributed by atoms with Crippen LogP contribution in [-0.2, 0) is 0 Å². The molecule has 2 aromatic carbocycles. The van der Waals surface area contributed by atoms with Gasteiger partial charge in [0.05, 0.1) is 24.9 Å². The molecule has 3 aromatic rings. The number of halogens is 1. The summed E-state index contributed by atoms with van der Waals surface area (Å²) in [6, 6.07) is 13.2. The van der Waals surface area contributed by atoms with Gasteiger partial charge in [0.15, 0.2) is 11.5 Å². The number of ether oxygens (including phenoxy) is 2. The number of rotatable bonds is 10. The molecule has 1 aromatic heterocycles. The number of hydrogen-bond donors (Lipinski definition) is 1. The van der Waals surface area contributed by atoms with Crippen LogP contribution in [-0.4, -0.2) is 40.8 Å². The van der Waals surface area contributed by atoms with Crippen molar-refractivity contribution < 1.29 is 14.3 Å². The minimum absolute atomic E-state index is 0.0225. The number of nitrogens with one attached hydrogen (secondary N) is 1. The zero-order chi connectivity index (χ0) is 23.4. The van der Waals surface area contributed by atoms with E-state index in [0.29, 0.717) is 42.0 Å². The lowest BCUT2D eigenvalue weighted by molar-refractivity contribution is 0.0740. The maximum atomic E-state index is 13.4. The molecule has 174 valence electrons. The summed E-state index contributed by atoms with van der Waals surface area (Å²) in [4.78, 5) is 15.4. The monoisotopic (exact) mass is 467 g/mol. The number of benzene rings is 2. The average molecular weight is 468 g/mol. The SMILES string of the molecule is CCCCCN1C(=O)c2[nH]nc(-c3ccc(Cl)cc3)c2C1c1ccc(OCC)c(OCC)c1. The molecule has 0 radical (unpaired) electrons. The van der Waals surface area contributed by atoms with Crippen molar-refractivity contribution >= 4 is 17.5 Å². The van der Waals surface area contributed by atoms with Crippen LogP contribution in [0.15, 0.2) is 42.5 Å². The highest BCUT2D eigenvalue weighted by Crippen LogP contribution is 2.44. The molecular weight excluding hydrogens is 438 g/mol. The fourth-order valence-corrected chi connectivity index (χ4v) is 4.50. The third-order valence-corrected chi connectivity index (χ3v) is 6.12. The summed E-state index contributed by atoms with van der Waals surface area (Å²) in [5.74, 6) is 1.36. The molecule has 1 aliphatic heterocycles. The molecule has 0 fully saturated rings. The number of amides is 1. The summed E-state index contributed by atoms with van der Waals surface area (Å²) in [6.07, 6.45) is 3.11. The van der Waals surface area contributed by atoms with E-state index in [1.54, 1.807) is 0 Å². The molecule has 1 N–H and O–H groups in total. The quantitative estimate of drug-likeness (QED) is 0.357. The zero-order valence-electron chi connectivity index (χ0n) is 19.4. The molecule has 33 heavy (non-hydrogen) atoms. The Labute approximate surface area is 199 Å². The number of carbonyl (C=O) groups excluding carboxylic acids is 1. The zero-order valence-corrected chi connectivity index (χ0v) is 20.1. The predicted molar refractivity (Wildman–Crippen MR) is 130 cm³/mol. The van der Waals surface area contributed by atoms with Crippen LogP contribution in [0.3, 0.4) is 0 Å². The Bertz CT molecular complexity index is 1110. The average Bonchev–Trinajstić information content (AvgIpc) is 3.35. The summed E-state index contributed by atoms with van der Waals surface area (Å²) in [6.45, 7) is 7.82. The number of aromatic nitrogens is 2.